The molecule has 80 valence electrons. The molecule has 1 aliphatic rings. The van der Waals surface area contributed by atoms with Gasteiger partial charge in [-0.2, -0.15) is 0 Å². The van der Waals surface area contributed by atoms with Crippen LogP contribution in [0.25, 0.3) is 0 Å². The van der Waals surface area contributed by atoms with Gasteiger partial charge >= 0.3 is 0 Å². The Kier molecular flexibility index (Phi) is 2.45. The number of amides is 1. The van der Waals surface area contributed by atoms with Gasteiger partial charge in [0.15, 0.2) is 11.6 Å². The van der Waals surface area contributed by atoms with Crippen LogP contribution in [0.4, 0.5) is 15.8 Å². The molecule has 0 aromatic heterocycles. The number of anilines is 2. The molecule has 1 amide bonds. The third-order valence-electron chi connectivity index (χ3n) is 2.23. The van der Waals surface area contributed by atoms with E-state index in [2.05, 4.69) is 10.6 Å². The van der Waals surface area contributed by atoms with Gasteiger partial charge in [-0.1, -0.05) is 0 Å². The van der Waals surface area contributed by atoms with E-state index in [0.29, 0.717) is 24.3 Å². The molecule has 1 aromatic rings. The molecule has 1 aromatic carbocycles. The molecule has 4 nitrogen and oxygen atoms in total. The maximum Gasteiger partial charge on any atom is 0.226 e. The van der Waals surface area contributed by atoms with Crippen molar-refractivity contribution >= 4 is 17.3 Å². The number of nitrogens with one attached hydrogen (secondary N) is 2. The van der Waals surface area contributed by atoms with Gasteiger partial charge in [-0.25, -0.2) is 4.39 Å². The monoisotopic (exact) mass is 210 g/mol. The number of methoxy groups -OCH3 is 1. The third kappa shape index (κ3) is 1.86. The second-order valence-electron chi connectivity index (χ2n) is 3.26. The molecule has 0 saturated heterocycles. The minimum Gasteiger partial charge on any atom is -0.494 e. The smallest absolute Gasteiger partial charge is 0.226 e. The van der Waals surface area contributed by atoms with Crippen LogP contribution >= 0.6 is 0 Å². The molecule has 5 heteroatoms. The Hall–Kier alpha value is -1.78. The number of hydrogen-bond acceptors (Lipinski definition) is 3. The molecule has 0 radical (unpaired) electrons. The van der Waals surface area contributed by atoms with Crippen LogP contribution in [0.2, 0.25) is 0 Å². The highest BCUT2D eigenvalue weighted by Gasteiger charge is 2.15. The molecule has 0 fully saturated rings. The normalized spacial score (nSPS) is 14.7. The average molecular weight is 210 g/mol. The molecular weight excluding hydrogens is 199 g/mol. The van der Waals surface area contributed by atoms with Crippen LogP contribution < -0.4 is 15.4 Å². The summed E-state index contributed by atoms with van der Waals surface area (Å²) in [5.74, 6) is -0.441. The number of hydrogen-bond donors (Lipinski definition) is 2. The Morgan fingerprint density at radius 3 is 2.93 bits per heavy atom. The summed E-state index contributed by atoms with van der Waals surface area (Å²) in [6.07, 6.45) is 0.374. The summed E-state index contributed by atoms with van der Waals surface area (Å²) in [6.45, 7) is 0.535. The van der Waals surface area contributed by atoms with E-state index in [4.69, 9.17) is 4.74 Å². The van der Waals surface area contributed by atoms with Gasteiger partial charge in [-0.05, 0) is 0 Å². The molecule has 0 spiro atoms. The first-order chi connectivity index (χ1) is 7.20. The van der Waals surface area contributed by atoms with E-state index >= 15 is 0 Å². The minimum absolute atomic E-state index is 0.120. The van der Waals surface area contributed by atoms with Crippen molar-refractivity contribution in [2.45, 2.75) is 6.42 Å². The molecule has 1 aliphatic heterocycles. The fourth-order valence-corrected chi connectivity index (χ4v) is 1.48. The summed E-state index contributed by atoms with van der Waals surface area (Å²) in [5, 5.41) is 5.64. The minimum atomic E-state index is -0.486. The number of ether oxygens (including phenoxy) is 1. The fraction of sp³-hybridized carbons (Fsp3) is 0.300. The van der Waals surface area contributed by atoms with E-state index in [1.807, 2.05) is 0 Å². The Labute approximate surface area is 86.4 Å². The van der Waals surface area contributed by atoms with Crippen LogP contribution in [0.1, 0.15) is 6.42 Å². The first-order valence-corrected chi connectivity index (χ1v) is 4.62. The summed E-state index contributed by atoms with van der Waals surface area (Å²) in [4.78, 5) is 11.2. The highest BCUT2D eigenvalue weighted by molar-refractivity contribution is 5.96. The zero-order valence-electron chi connectivity index (χ0n) is 8.26. The number of carbonyl (C=O) groups excluding carboxylic acids is 1. The lowest BCUT2D eigenvalue weighted by atomic mass is 10.2. The molecule has 15 heavy (non-hydrogen) atoms. The van der Waals surface area contributed by atoms with Gasteiger partial charge in [0.2, 0.25) is 5.91 Å². The zero-order chi connectivity index (χ0) is 10.8. The summed E-state index contributed by atoms with van der Waals surface area (Å²) < 4.78 is 18.2. The van der Waals surface area contributed by atoms with Crippen LogP contribution in [0.5, 0.6) is 5.75 Å². The maximum atomic E-state index is 13.3. The highest BCUT2D eigenvalue weighted by Crippen LogP contribution is 2.31. The van der Waals surface area contributed by atoms with Crippen molar-refractivity contribution in [2.75, 3.05) is 24.3 Å². The van der Waals surface area contributed by atoms with Crippen molar-refractivity contribution in [2.24, 2.45) is 0 Å². The summed E-state index contributed by atoms with van der Waals surface area (Å²) >= 11 is 0. The second kappa shape index (κ2) is 3.76. The summed E-state index contributed by atoms with van der Waals surface area (Å²) in [7, 11) is 1.40. The lowest BCUT2D eigenvalue weighted by Gasteiger charge is -2.10. The molecule has 0 aliphatic carbocycles. The topological polar surface area (TPSA) is 50.4 Å². The predicted molar refractivity (Wildman–Crippen MR) is 54.7 cm³/mol. The van der Waals surface area contributed by atoms with Crippen molar-refractivity contribution in [1.29, 1.82) is 0 Å². The molecule has 0 saturated carbocycles. The fourth-order valence-electron chi connectivity index (χ4n) is 1.48. The average Bonchev–Trinajstić information content (AvgIpc) is 2.37. The van der Waals surface area contributed by atoms with E-state index in [1.165, 1.54) is 19.2 Å². The highest BCUT2D eigenvalue weighted by atomic mass is 19.1. The Morgan fingerprint density at radius 1 is 1.40 bits per heavy atom. The third-order valence-corrected chi connectivity index (χ3v) is 2.23. The van der Waals surface area contributed by atoms with Crippen molar-refractivity contribution < 1.29 is 13.9 Å². The van der Waals surface area contributed by atoms with Crippen LogP contribution in [0, 0.1) is 5.82 Å². The van der Waals surface area contributed by atoms with Gasteiger partial charge in [0.1, 0.15) is 0 Å². The number of benzene rings is 1. The second-order valence-corrected chi connectivity index (χ2v) is 3.26. The first-order valence-electron chi connectivity index (χ1n) is 4.62. The first kappa shape index (κ1) is 9.76. The molecule has 0 bridgehead atoms. The number of carbonyl (C=O) groups is 1. The van der Waals surface area contributed by atoms with Crippen molar-refractivity contribution in [3.05, 3.63) is 17.9 Å². The Bertz CT molecular complexity index is 407. The van der Waals surface area contributed by atoms with Crippen molar-refractivity contribution in [1.82, 2.24) is 0 Å². The van der Waals surface area contributed by atoms with Gasteiger partial charge in [-0.15, -0.1) is 0 Å². The predicted octanol–water partition coefficient (Wildman–Crippen LogP) is 1.59. The summed E-state index contributed by atoms with van der Waals surface area (Å²) in [5.41, 5.74) is 1.13. The van der Waals surface area contributed by atoms with Gasteiger partial charge in [0.05, 0.1) is 18.5 Å². The molecule has 0 atom stereocenters. The molecule has 1 heterocycles. The van der Waals surface area contributed by atoms with E-state index in [9.17, 15) is 9.18 Å². The standard InChI is InChI=1S/C10H11FN2O2/c1-15-9-5-7-8(4-6(9)11)13-10(14)2-3-12-7/h4-5,12H,2-3H2,1H3,(H,13,14). The van der Waals surface area contributed by atoms with Gasteiger partial charge < -0.3 is 15.4 Å². The molecule has 2 rings (SSSR count). The maximum absolute atomic E-state index is 13.3. The lowest BCUT2D eigenvalue weighted by Crippen LogP contribution is -2.10. The summed E-state index contributed by atoms with van der Waals surface area (Å²) in [6, 6.07) is 2.79. The SMILES string of the molecule is COc1cc2c(cc1F)NC(=O)CCN2. The van der Waals surface area contributed by atoms with Crippen LogP contribution in [0.3, 0.4) is 0 Å². The Morgan fingerprint density at radius 2 is 2.20 bits per heavy atom. The van der Waals surface area contributed by atoms with E-state index in [-0.39, 0.29) is 11.7 Å². The van der Waals surface area contributed by atoms with Crippen molar-refractivity contribution in [3.63, 3.8) is 0 Å². The van der Waals surface area contributed by atoms with E-state index in [1.54, 1.807) is 0 Å². The molecule has 0 unspecified atom stereocenters. The van der Waals surface area contributed by atoms with Crippen LogP contribution in [-0.4, -0.2) is 19.6 Å². The van der Waals surface area contributed by atoms with Gasteiger partial charge in [0.25, 0.3) is 0 Å². The van der Waals surface area contributed by atoms with E-state index < -0.39 is 5.82 Å². The molecule has 2 N–H and O–H groups in total. The quantitative estimate of drug-likeness (QED) is 0.740. The van der Waals surface area contributed by atoms with Gasteiger partial charge in [-0.3, -0.25) is 4.79 Å². The molecular formula is C10H11FN2O2. The zero-order valence-corrected chi connectivity index (χ0v) is 8.26. The van der Waals surface area contributed by atoms with E-state index in [0.717, 1.165) is 0 Å². The number of rotatable bonds is 1. The van der Waals surface area contributed by atoms with Crippen LogP contribution in [0.15, 0.2) is 12.1 Å². The van der Waals surface area contributed by atoms with Gasteiger partial charge in [0, 0.05) is 25.1 Å². The van der Waals surface area contributed by atoms with Crippen molar-refractivity contribution in [3.8, 4) is 5.75 Å². The van der Waals surface area contributed by atoms with Crippen LogP contribution in [-0.2, 0) is 4.79 Å². The number of halogens is 1. The number of fused-ring (bicyclic) bond motifs is 1. The largest absolute Gasteiger partial charge is 0.494 e. The Balaban J connectivity index is 2.44. The lowest BCUT2D eigenvalue weighted by molar-refractivity contribution is -0.115.